The van der Waals surface area contributed by atoms with Gasteiger partial charge in [0.05, 0.1) is 17.6 Å². The normalized spacial score (nSPS) is 21.2. The van der Waals surface area contributed by atoms with Crippen molar-refractivity contribution in [1.82, 2.24) is 10.3 Å². The molecular weight excluding hydrogens is 538 g/mol. The van der Waals surface area contributed by atoms with Gasteiger partial charge in [-0.05, 0) is 47.0 Å². The molecule has 3 atom stereocenters. The Morgan fingerprint density at radius 2 is 1.59 bits per heavy atom. The Morgan fingerprint density at radius 3 is 2.46 bits per heavy atom. The lowest BCUT2D eigenvalue weighted by Crippen LogP contribution is -2.50. The number of aromatic amines is 1. The summed E-state index contributed by atoms with van der Waals surface area (Å²) in [4.78, 5) is 33.2. The van der Waals surface area contributed by atoms with Gasteiger partial charge in [0, 0.05) is 45.7 Å². The molecule has 1 aromatic heterocycles. The van der Waals surface area contributed by atoms with Crippen LogP contribution in [0.15, 0.2) is 91.0 Å². The van der Waals surface area contributed by atoms with E-state index >= 15 is 0 Å². The molecule has 8 rings (SSSR count). The van der Waals surface area contributed by atoms with Crippen molar-refractivity contribution in [2.75, 3.05) is 18.2 Å². The predicted molar refractivity (Wildman–Crippen MR) is 156 cm³/mol. The van der Waals surface area contributed by atoms with Gasteiger partial charge in [-0.3, -0.25) is 9.59 Å². The molecule has 5 aromatic rings. The Labute approximate surface area is 240 Å². The lowest BCUT2D eigenvalue weighted by atomic mass is 9.76. The van der Waals surface area contributed by atoms with Crippen molar-refractivity contribution in [3.8, 4) is 11.5 Å². The minimum Gasteiger partial charge on any atom is -0.454 e. The fraction of sp³-hybridized carbons (Fsp3) is 0.152. The number of fused-ring (bicyclic) bond motifs is 5. The maximum Gasteiger partial charge on any atom is 0.265 e. The SMILES string of the molecule is O=C1c2ccccc2[C@H]([C@H]2NC[C@@H](c3ccccc3Cl)c3c2[nH]c2ccccc32)C(=O)N1c1ccc2c(c1)OCO2. The second-order valence-corrected chi connectivity index (χ2v) is 10.9. The van der Waals surface area contributed by atoms with E-state index in [2.05, 4.69) is 22.4 Å². The zero-order valence-corrected chi connectivity index (χ0v) is 22.5. The highest BCUT2D eigenvalue weighted by Gasteiger charge is 2.47. The summed E-state index contributed by atoms with van der Waals surface area (Å²) in [5.74, 6) is -0.243. The number of halogens is 1. The minimum absolute atomic E-state index is 0.0216. The average Bonchev–Trinajstić information content (AvgIpc) is 3.63. The van der Waals surface area contributed by atoms with E-state index in [9.17, 15) is 9.59 Å². The Balaban J connectivity index is 1.30. The van der Waals surface area contributed by atoms with Gasteiger partial charge >= 0.3 is 0 Å². The lowest BCUT2D eigenvalue weighted by molar-refractivity contribution is -0.120. The summed E-state index contributed by atoms with van der Waals surface area (Å²) < 4.78 is 11.0. The number of nitrogens with zero attached hydrogens (tertiary/aromatic N) is 1. The molecule has 0 saturated carbocycles. The number of anilines is 1. The molecule has 3 aliphatic rings. The second kappa shape index (κ2) is 9.23. The zero-order chi connectivity index (χ0) is 27.7. The number of benzene rings is 4. The molecule has 0 saturated heterocycles. The van der Waals surface area contributed by atoms with Crippen molar-refractivity contribution >= 4 is 40.0 Å². The van der Waals surface area contributed by atoms with E-state index in [1.807, 2.05) is 54.6 Å². The van der Waals surface area contributed by atoms with Crippen molar-refractivity contribution in [2.45, 2.75) is 17.9 Å². The number of H-pyrrole nitrogens is 1. The predicted octanol–water partition coefficient (Wildman–Crippen LogP) is 6.30. The van der Waals surface area contributed by atoms with E-state index in [0.717, 1.165) is 27.7 Å². The molecule has 0 aliphatic carbocycles. The maximum absolute atomic E-state index is 14.5. The van der Waals surface area contributed by atoms with Gasteiger partial charge in [0.25, 0.3) is 5.91 Å². The first kappa shape index (κ1) is 24.2. The molecule has 0 radical (unpaired) electrons. The fourth-order valence-electron chi connectivity index (χ4n) is 6.61. The molecule has 4 heterocycles. The van der Waals surface area contributed by atoms with E-state index in [-0.39, 0.29) is 24.5 Å². The number of hydrogen-bond donors (Lipinski definition) is 2. The van der Waals surface area contributed by atoms with Gasteiger partial charge < -0.3 is 19.8 Å². The largest absolute Gasteiger partial charge is 0.454 e. The maximum atomic E-state index is 14.5. The average molecular weight is 562 g/mol. The zero-order valence-electron chi connectivity index (χ0n) is 21.8. The Morgan fingerprint density at radius 1 is 0.829 bits per heavy atom. The molecule has 0 bridgehead atoms. The summed E-state index contributed by atoms with van der Waals surface area (Å²) in [7, 11) is 0. The lowest BCUT2D eigenvalue weighted by Gasteiger charge is -2.40. The van der Waals surface area contributed by atoms with Crippen LogP contribution in [0.25, 0.3) is 10.9 Å². The van der Waals surface area contributed by atoms with Crippen LogP contribution in [0.2, 0.25) is 5.02 Å². The van der Waals surface area contributed by atoms with Crippen LogP contribution < -0.4 is 19.7 Å². The van der Waals surface area contributed by atoms with E-state index in [1.54, 1.807) is 24.3 Å². The smallest absolute Gasteiger partial charge is 0.265 e. The van der Waals surface area contributed by atoms with Gasteiger partial charge in [-0.1, -0.05) is 66.2 Å². The molecule has 3 aliphatic heterocycles. The third kappa shape index (κ3) is 3.63. The molecule has 202 valence electrons. The topological polar surface area (TPSA) is 83.7 Å². The number of carbonyl (C=O) groups excluding carboxylic acids is 2. The molecule has 2 N–H and O–H groups in total. The number of hydrogen-bond acceptors (Lipinski definition) is 5. The van der Waals surface area contributed by atoms with Gasteiger partial charge in [-0.25, -0.2) is 4.90 Å². The van der Waals surface area contributed by atoms with E-state index in [0.29, 0.717) is 39.9 Å². The van der Waals surface area contributed by atoms with E-state index in [1.165, 1.54) is 4.90 Å². The number of rotatable bonds is 3. The number of ether oxygens (including phenoxy) is 2. The summed E-state index contributed by atoms with van der Waals surface area (Å²) in [5, 5.41) is 5.49. The fourth-order valence-corrected chi connectivity index (χ4v) is 6.88. The van der Waals surface area contributed by atoms with Crippen molar-refractivity contribution in [1.29, 1.82) is 0 Å². The van der Waals surface area contributed by atoms with Crippen molar-refractivity contribution in [3.63, 3.8) is 0 Å². The van der Waals surface area contributed by atoms with Gasteiger partial charge in [0.2, 0.25) is 12.7 Å². The number of imide groups is 1. The molecule has 0 spiro atoms. The van der Waals surface area contributed by atoms with Gasteiger partial charge in [0.1, 0.15) is 0 Å². The van der Waals surface area contributed by atoms with Gasteiger partial charge in [-0.2, -0.15) is 0 Å². The third-order valence-electron chi connectivity index (χ3n) is 8.42. The van der Waals surface area contributed by atoms with Gasteiger partial charge in [-0.15, -0.1) is 0 Å². The van der Waals surface area contributed by atoms with Crippen LogP contribution in [-0.2, 0) is 4.79 Å². The van der Waals surface area contributed by atoms with Crippen LogP contribution in [0.4, 0.5) is 5.69 Å². The molecule has 4 aromatic carbocycles. The van der Waals surface area contributed by atoms with Crippen LogP contribution in [0.1, 0.15) is 50.6 Å². The van der Waals surface area contributed by atoms with Crippen LogP contribution >= 0.6 is 11.6 Å². The molecule has 2 amide bonds. The first-order valence-electron chi connectivity index (χ1n) is 13.6. The van der Waals surface area contributed by atoms with E-state index < -0.39 is 12.0 Å². The van der Waals surface area contributed by atoms with Crippen molar-refractivity contribution in [2.24, 2.45) is 0 Å². The van der Waals surface area contributed by atoms with Crippen molar-refractivity contribution < 1.29 is 19.1 Å². The standard InChI is InChI=1S/C33H24ClN3O4/c34-24-11-5-3-7-19(24)23-16-35-30(31-28(23)22-10-4-6-12-25(22)36-31)29-20-8-1-2-9-21(20)32(38)37(33(29)39)18-13-14-26-27(15-18)41-17-40-26/h1-15,23,29-30,35-36H,16-17H2/t23-,29+,30+/m0/s1. The van der Waals surface area contributed by atoms with E-state index in [4.69, 9.17) is 21.1 Å². The summed E-state index contributed by atoms with van der Waals surface area (Å²) >= 11 is 6.71. The van der Waals surface area contributed by atoms with Crippen LogP contribution in [0.5, 0.6) is 11.5 Å². The quantitative estimate of drug-likeness (QED) is 0.253. The number of amides is 2. The summed E-state index contributed by atoms with van der Waals surface area (Å²) in [6, 6.07) is 28.2. The summed E-state index contributed by atoms with van der Waals surface area (Å²) in [6.45, 7) is 0.682. The van der Waals surface area contributed by atoms with Crippen LogP contribution in [0.3, 0.4) is 0 Å². The summed E-state index contributed by atoms with van der Waals surface area (Å²) in [6.07, 6.45) is 0. The Kier molecular flexibility index (Phi) is 5.45. The van der Waals surface area contributed by atoms with Crippen LogP contribution in [-0.4, -0.2) is 30.1 Å². The minimum atomic E-state index is -0.659. The third-order valence-corrected chi connectivity index (χ3v) is 8.77. The number of para-hydroxylation sites is 1. The van der Waals surface area contributed by atoms with Crippen molar-refractivity contribution in [3.05, 3.63) is 124 Å². The highest BCUT2D eigenvalue weighted by molar-refractivity contribution is 6.31. The molecule has 8 heteroatoms. The first-order chi connectivity index (χ1) is 20.1. The van der Waals surface area contributed by atoms with Crippen LogP contribution in [0, 0.1) is 0 Å². The number of aromatic nitrogens is 1. The molecular formula is C33H24ClN3O4. The molecule has 0 fully saturated rings. The highest BCUT2D eigenvalue weighted by Crippen LogP contribution is 2.48. The molecule has 0 unspecified atom stereocenters. The first-order valence-corrected chi connectivity index (χ1v) is 13.9. The Hall–Kier alpha value is -4.59. The Bertz CT molecular complexity index is 1880. The second-order valence-electron chi connectivity index (χ2n) is 10.5. The van der Waals surface area contributed by atoms with Gasteiger partial charge in [0.15, 0.2) is 11.5 Å². The summed E-state index contributed by atoms with van der Waals surface area (Å²) in [5.41, 5.74) is 5.72. The monoisotopic (exact) mass is 561 g/mol. The highest BCUT2D eigenvalue weighted by atomic mass is 35.5. The molecule has 7 nitrogen and oxygen atoms in total. The molecule has 41 heavy (non-hydrogen) atoms. The number of nitrogens with one attached hydrogen (secondary N) is 2. The number of carbonyl (C=O) groups is 2.